The Bertz CT molecular complexity index is 835. The van der Waals surface area contributed by atoms with Crippen LogP contribution >= 0.6 is 0 Å². The van der Waals surface area contributed by atoms with Gasteiger partial charge in [0.15, 0.2) is 6.10 Å². The minimum absolute atomic E-state index is 0.127. The van der Waals surface area contributed by atoms with E-state index in [0.29, 0.717) is 6.54 Å². The van der Waals surface area contributed by atoms with E-state index >= 15 is 0 Å². The van der Waals surface area contributed by atoms with Crippen molar-refractivity contribution in [2.75, 3.05) is 6.54 Å². The summed E-state index contributed by atoms with van der Waals surface area (Å²) >= 11 is 0. The molecule has 1 aliphatic heterocycles. The van der Waals surface area contributed by atoms with E-state index in [0.717, 1.165) is 24.0 Å². The fourth-order valence-corrected chi connectivity index (χ4v) is 3.55. The summed E-state index contributed by atoms with van der Waals surface area (Å²) in [5, 5.41) is 0. The molecule has 1 aliphatic rings. The largest absolute Gasteiger partial charge is 0.439 e. The summed E-state index contributed by atoms with van der Waals surface area (Å²) in [7, 11) is 0. The molecule has 0 N–H and O–H groups in total. The predicted octanol–water partition coefficient (Wildman–Crippen LogP) is 6.61. The summed E-state index contributed by atoms with van der Waals surface area (Å²) in [4.78, 5) is 14.6. The first kappa shape index (κ1) is 19.9. The Hall–Kier alpha value is -2.81. The number of carbonyl (C=O) groups is 1. The van der Waals surface area contributed by atoms with Crippen LogP contribution in [0.4, 0.5) is 4.79 Å². The summed E-state index contributed by atoms with van der Waals surface area (Å²) < 4.78 is 5.82. The van der Waals surface area contributed by atoms with Gasteiger partial charge in [-0.15, -0.1) is 0 Å². The van der Waals surface area contributed by atoms with Crippen LogP contribution in [0.15, 0.2) is 84.0 Å². The van der Waals surface area contributed by atoms with Crippen LogP contribution in [0.1, 0.15) is 56.9 Å². The first-order valence-electron chi connectivity index (χ1n) is 9.92. The Morgan fingerprint density at radius 1 is 0.929 bits per heavy atom. The molecule has 3 heteroatoms. The zero-order valence-electron chi connectivity index (χ0n) is 17.0. The van der Waals surface area contributed by atoms with E-state index in [1.165, 1.54) is 11.1 Å². The molecule has 28 heavy (non-hydrogen) atoms. The number of benzene rings is 2. The number of carbonyl (C=O) groups excluding carboxylic acids is 1. The molecule has 1 heterocycles. The Kier molecular flexibility index (Phi) is 6.70. The molecule has 2 aromatic carbocycles. The maximum Gasteiger partial charge on any atom is 0.411 e. The van der Waals surface area contributed by atoms with Crippen molar-refractivity contribution in [1.29, 1.82) is 0 Å². The molecule has 1 fully saturated rings. The molecule has 0 aliphatic carbocycles. The molecule has 1 saturated heterocycles. The number of cyclic esters (lactones) is 1. The highest BCUT2D eigenvalue weighted by molar-refractivity contribution is 5.72. The van der Waals surface area contributed by atoms with Crippen molar-refractivity contribution >= 4 is 6.09 Å². The van der Waals surface area contributed by atoms with Crippen molar-refractivity contribution in [2.45, 2.75) is 45.8 Å². The van der Waals surface area contributed by atoms with Gasteiger partial charge in [0.1, 0.15) is 6.04 Å². The molecule has 3 nitrogen and oxygen atoms in total. The fourth-order valence-electron chi connectivity index (χ4n) is 3.55. The Balaban J connectivity index is 1.82. The second-order valence-corrected chi connectivity index (χ2v) is 7.59. The zero-order valence-corrected chi connectivity index (χ0v) is 17.0. The number of ether oxygens (including phenoxy) is 1. The minimum atomic E-state index is -0.296. The summed E-state index contributed by atoms with van der Waals surface area (Å²) in [6.07, 6.45) is 5.89. The Morgan fingerprint density at radius 3 is 2.14 bits per heavy atom. The maximum atomic E-state index is 12.7. The number of hydrogen-bond acceptors (Lipinski definition) is 2. The highest BCUT2D eigenvalue weighted by Crippen LogP contribution is 2.42. The highest BCUT2D eigenvalue weighted by Gasteiger charge is 2.42. The van der Waals surface area contributed by atoms with Crippen LogP contribution in [-0.2, 0) is 4.74 Å². The third-order valence-electron chi connectivity index (χ3n) is 5.08. The van der Waals surface area contributed by atoms with Gasteiger partial charge in [0, 0.05) is 6.54 Å². The average Bonchev–Trinajstić information content (AvgIpc) is 3.03. The van der Waals surface area contributed by atoms with Crippen molar-refractivity contribution < 1.29 is 9.53 Å². The second-order valence-electron chi connectivity index (χ2n) is 7.59. The standard InChI is InChI=1S/C25H29NO2/c1-19(2)11-10-12-20(3)17-18-26-23(21-13-6-4-7-14-21)24(28-25(26)27)22-15-8-5-9-16-22/h4-9,11,13-17,23-24H,10,12,18H2,1-3H3/b20-17-/t23-,24-/m1/s1. The van der Waals surface area contributed by atoms with Crippen LogP contribution in [0.25, 0.3) is 0 Å². The van der Waals surface area contributed by atoms with Crippen LogP contribution in [0, 0.1) is 0 Å². The van der Waals surface area contributed by atoms with E-state index in [-0.39, 0.29) is 18.2 Å². The van der Waals surface area contributed by atoms with Gasteiger partial charge in [0.2, 0.25) is 0 Å². The SMILES string of the molecule is CC(C)=CCC/C(C)=C\CN1C(=O)O[C@H](c2ccccc2)[C@H]1c1ccccc1. The summed E-state index contributed by atoms with van der Waals surface area (Å²) in [6, 6.07) is 20.0. The van der Waals surface area contributed by atoms with Crippen molar-refractivity contribution in [2.24, 2.45) is 0 Å². The van der Waals surface area contributed by atoms with Crippen molar-refractivity contribution in [3.8, 4) is 0 Å². The molecular weight excluding hydrogens is 346 g/mol. The molecule has 0 bridgehead atoms. The summed E-state index contributed by atoms with van der Waals surface area (Å²) in [6.45, 7) is 6.93. The van der Waals surface area contributed by atoms with E-state index in [4.69, 9.17) is 4.74 Å². The fraction of sp³-hybridized carbons (Fsp3) is 0.320. The molecule has 2 atom stereocenters. The maximum absolute atomic E-state index is 12.7. The second kappa shape index (κ2) is 9.41. The van der Waals surface area contributed by atoms with E-state index in [9.17, 15) is 4.79 Å². The smallest absolute Gasteiger partial charge is 0.411 e. The number of hydrogen-bond donors (Lipinski definition) is 0. The predicted molar refractivity (Wildman–Crippen MR) is 114 cm³/mol. The molecule has 0 aromatic heterocycles. The molecule has 0 unspecified atom stereocenters. The summed E-state index contributed by atoms with van der Waals surface area (Å²) in [5.41, 5.74) is 4.75. The lowest BCUT2D eigenvalue weighted by atomic mass is 9.95. The number of nitrogens with zero attached hydrogens (tertiary/aromatic N) is 1. The molecule has 146 valence electrons. The first-order valence-corrected chi connectivity index (χ1v) is 9.92. The van der Waals surface area contributed by atoms with Gasteiger partial charge >= 0.3 is 6.09 Å². The Morgan fingerprint density at radius 2 is 1.54 bits per heavy atom. The van der Waals surface area contributed by atoms with E-state index in [1.807, 2.05) is 53.4 Å². The molecule has 1 amide bonds. The minimum Gasteiger partial charge on any atom is -0.439 e. The molecule has 3 rings (SSSR count). The van der Waals surface area contributed by atoms with E-state index < -0.39 is 0 Å². The lowest BCUT2D eigenvalue weighted by Crippen LogP contribution is -2.28. The molecule has 2 aromatic rings. The highest BCUT2D eigenvalue weighted by atomic mass is 16.6. The molecule has 0 saturated carbocycles. The Labute approximate surface area is 168 Å². The van der Waals surface area contributed by atoms with Gasteiger partial charge in [0.05, 0.1) is 0 Å². The number of allylic oxidation sites excluding steroid dienone is 3. The number of amides is 1. The zero-order chi connectivity index (χ0) is 19.9. The van der Waals surface area contributed by atoms with Gasteiger partial charge in [-0.2, -0.15) is 0 Å². The molecule has 0 spiro atoms. The monoisotopic (exact) mass is 375 g/mol. The van der Waals surface area contributed by atoms with Gasteiger partial charge in [-0.1, -0.05) is 84.0 Å². The molecular formula is C25H29NO2. The van der Waals surface area contributed by atoms with E-state index in [1.54, 1.807) is 0 Å². The molecule has 0 radical (unpaired) electrons. The summed E-state index contributed by atoms with van der Waals surface area (Å²) in [5.74, 6) is 0. The van der Waals surface area contributed by atoms with Gasteiger partial charge < -0.3 is 4.74 Å². The van der Waals surface area contributed by atoms with Crippen LogP contribution in [0.2, 0.25) is 0 Å². The lowest BCUT2D eigenvalue weighted by Gasteiger charge is -2.24. The van der Waals surface area contributed by atoms with Gasteiger partial charge in [-0.05, 0) is 44.7 Å². The van der Waals surface area contributed by atoms with Crippen molar-refractivity contribution in [3.63, 3.8) is 0 Å². The number of rotatable bonds is 7. The van der Waals surface area contributed by atoms with Crippen molar-refractivity contribution in [1.82, 2.24) is 4.90 Å². The third-order valence-corrected chi connectivity index (χ3v) is 5.08. The van der Waals surface area contributed by atoms with Crippen LogP contribution in [-0.4, -0.2) is 17.5 Å². The van der Waals surface area contributed by atoms with Crippen molar-refractivity contribution in [3.05, 3.63) is 95.1 Å². The van der Waals surface area contributed by atoms with E-state index in [2.05, 4.69) is 45.1 Å². The van der Waals surface area contributed by atoms with Gasteiger partial charge in [0.25, 0.3) is 0 Å². The van der Waals surface area contributed by atoms with Crippen LogP contribution in [0.3, 0.4) is 0 Å². The van der Waals surface area contributed by atoms with Gasteiger partial charge in [-0.3, -0.25) is 4.90 Å². The third kappa shape index (κ3) is 4.92. The normalized spacial score (nSPS) is 19.5. The topological polar surface area (TPSA) is 29.5 Å². The lowest BCUT2D eigenvalue weighted by molar-refractivity contribution is 0.130. The van der Waals surface area contributed by atoms with Gasteiger partial charge in [-0.25, -0.2) is 4.79 Å². The van der Waals surface area contributed by atoms with Crippen LogP contribution in [0.5, 0.6) is 0 Å². The van der Waals surface area contributed by atoms with Crippen LogP contribution < -0.4 is 0 Å². The first-order chi connectivity index (χ1) is 13.6. The average molecular weight is 376 g/mol. The quantitative estimate of drug-likeness (QED) is 0.509.